The zero-order valence-electron chi connectivity index (χ0n) is 10.1. The van der Waals surface area contributed by atoms with Crippen molar-refractivity contribution in [3.63, 3.8) is 0 Å². The fraction of sp³-hybridized carbons (Fsp3) is 0.727. The van der Waals surface area contributed by atoms with Gasteiger partial charge in [0.2, 0.25) is 5.91 Å². The number of aliphatic hydroxyl groups is 1. The predicted molar refractivity (Wildman–Crippen MR) is 66.3 cm³/mol. The van der Waals surface area contributed by atoms with Crippen molar-refractivity contribution in [2.24, 2.45) is 5.92 Å². The van der Waals surface area contributed by atoms with Crippen molar-refractivity contribution in [3.8, 4) is 0 Å². The van der Waals surface area contributed by atoms with Gasteiger partial charge >= 0.3 is 5.97 Å². The minimum atomic E-state index is -1.09. The highest BCUT2D eigenvalue weighted by Gasteiger charge is 2.31. The van der Waals surface area contributed by atoms with Crippen LogP contribution in [0.2, 0.25) is 0 Å². The topological polar surface area (TPSA) is 104 Å². The smallest absolute Gasteiger partial charge is 0.327 e. The van der Waals surface area contributed by atoms with Gasteiger partial charge in [-0.1, -0.05) is 0 Å². The van der Waals surface area contributed by atoms with Crippen LogP contribution in [0.4, 0.5) is 0 Å². The van der Waals surface area contributed by atoms with Crippen molar-refractivity contribution in [1.82, 2.24) is 5.32 Å². The molecule has 1 aliphatic carbocycles. The summed E-state index contributed by atoms with van der Waals surface area (Å²) in [5.74, 6) is -0.947. The molecular weight excluding hydrogens is 258 g/mol. The molecule has 1 aliphatic rings. The third-order valence-corrected chi connectivity index (χ3v) is 3.93. The van der Waals surface area contributed by atoms with Gasteiger partial charge in [0.05, 0.1) is 6.10 Å². The molecule has 0 heterocycles. The zero-order chi connectivity index (χ0) is 13.7. The lowest BCUT2D eigenvalue weighted by atomic mass is 10.1. The molecule has 0 aromatic rings. The number of aliphatic hydroxyl groups excluding tert-OH is 1. The molecule has 0 bridgehead atoms. The number of carboxylic acids is 1. The number of hydrogen-bond acceptors (Lipinski definition) is 5. The molecule has 1 rings (SSSR count). The quantitative estimate of drug-likeness (QED) is 0.612. The van der Waals surface area contributed by atoms with Crippen LogP contribution < -0.4 is 5.32 Å². The van der Waals surface area contributed by atoms with Crippen LogP contribution in [0, 0.1) is 5.92 Å². The van der Waals surface area contributed by atoms with E-state index in [4.69, 9.17) is 5.11 Å². The Balaban J connectivity index is 2.32. The summed E-state index contributed by atoms with van der Waals surface area (Å²) in [6.45, 7) is 1.26. The number of aliphatic carboxylic acids is 1. The van der Waals surface area contributed by atoms with E-state index < -0.39 is 24.0 Å². The first kappa shape index (κ1) is 15.0. The van der Waals surface area contributed by atoms with Crippen LogP contribution in [0.3, 0.4) is 0 Å². The van der Waals surface area contributed by atoms with Gasteiger partial charge in [0, 0.05) is 30.8 Å². The average Bonchev–Trinajstić information content (AvgIpc) is 2.55. The normalized spacial score (nSPS) is 24.9. The highest BCUT2D eigenvalue weighted by Crippen LogP contribution is 2.25. The number of rotatable bonds is 6. The van der Waals surface area contributed by atoms with Crippen molar-refractivity contribution in [2.75, 3.05) is 11.5 Å². The number of carboxylic acid groups (broad SMARTS) is 1. The van der Waals surface area contributed by atoms with Gasteiger partial charge in [-0.05, 0) is 6.42 Å². The first-order chi connectivity index (χ1) is 8.40. The fourth-order valence-electron chi connectivity index (χ4n) is 1.85. The van der Waals surface area contributed by atoms with Gasteiger partial charge in [-0.25, -0.2) is 4.79 Å². The molecule has 7 heteroatoms. The summed E-state index contributed by atoms with van der Waals surface area (Å²) in [5.41, 5.74) is 0. The summed E-state index contributed by atoms with van der Waals surface area (Å²) in [7, 11) is 0. The summed E-state index contributed by atoms with van der Waals surface area (Å²) in [4.78, 5) is 33.1. The first-order valence-corrected chi connectivity index (χ1v) is 6.84. The van der Waals surface area contributed by atoms with Crippen LogP contribution in [0.1, 0.15) is 19.8 Å². The van der Waals surface area contributed by atoms with Gasteiger partial charge in [0.1, 0.15) is 11.8 Å². The molecule has 1 fully saturated rings. The number of Topliss-reactive ketones (excluding diaryl/α,β-unsaturated/α-hetero) is 1. The highest BCUT2D eigenvalue weighted by molar-refractivity contribution is 7.99. The van der Waals surface area contributed by atoms with Crippen molar-refractivity contribution in [3.05, 3.63) is 0 Å². The summed E-state index contributed by atoms with van der Waals surface area (Å²) < 4.78 is 0. The lowest BCUT2D eigenvalue weighted by molar-refractivity contribution is -0.140. The van der Waals surface area contributed by atoms with E-state index in [1.54, 1.807) is 0 Å². The van der Waals surface area contributed by atoms with Crippen molar-refractivity contribution < 1.29 is 24.6 Å². The van der Waals surface area contributed by atoms with Gasteiger partial charge in [-0.3, -0.25) is 9.59 Å². The summed E-state index contributed by atoms with van der Waals surface area (Å²) >= 11 is 1.31. The Bertz CT molecular complexity index is 346. The van der Waals surface area contributed by atoms with E-state index in [1.807, 2.05) is 0 Å². The number of carbonyl (C=O) groups excluding carboxylic acids is 2. The predicted octanol–water partition coefficient (Wildman–Crippen LogP) is -0.351. The second kappa shape index (κ2) is 6.75. The molecule has 0 aromatic carbocycles. The van der Waals surface area contributed by atoms with Crippen LogP contribution in [-0.2, 0) is 14.4 Å². The van der Waals surface area contributed by atoms with Crippen molar-refractivity contribution in [1.29, 1.82) is 0 Å². The van der Waals surface area contributed by atoms with Crippen molar-refractivity contribution in [2.45, 2.75) is 31.9 Å². The summed E-state index contributed by atoms with van der Waals surface area (Å²) in [5, 5.41) is 20.5. The molecule has 0 spiro atoms. The highest BCUT2D eigenvalue weighted by atomic mass is 32.2. The van der Waals surface area contributed by atoms with E-state index in [0.717, 1.165) is 0 Å². The standard InChI is InChI=1S/C11H17NO5S/c1-6(13)12-9(11(16)17)5-18-4-7-2-8(14)3-10(7)15/h7-9,14H,2-5H2,1H3,(H,12,13)(H,16,17)/t7?,8-,9-/m0/s1. The molecule has 1 amide bonds. The van der Waals surface area contributed by atoms with Gasteiger partial charge in [-0.2, -0.15) is 11.8 Å². The van der Waals surface area contributed by atoms with Gasteiger partial charge < -0.3 is 15.5 Å². The Morgan fingerprint density at radius 3 is 2.67 bits per heavy atom. The largest absolute Gasteiger partial charge is 0.480 e. The number of thioether (sulfide) groups is 1. The molecule has 3 atom stereocenters. The monoisotopic (exact) mass is 275 g/mol. The maximum Gasteiger partial charge on any atom is 0.327 e. The zero-order valence-corrected chi connectivity index (χ0v) is 10.9. The fourth-order valence-corrected chi connectivity index (χ4v) is 3.06. The second-order valence-electron chi connectivity index (χ2n) is 4.39. The summed E-state index contributed by atoms with van der Waals surface area (Å²) in [6.07, 6.45) is 0.0805. The number of ketones is 1. The van der Waals surface area contributed by atoms with Crippen LogP contribution in [0.15, 0.2) is 0 Å². The molecule has 0 radical (unpaired) electrons. The Morgan fingerprint density at radius 1 is 1.56 bits per heavy atom. The molecular formula is C11H17NO5S. The molecule has 102 valence electrons. The van der Waals surface area contributed by atoms with E-state index >= 15 is 0 Å². The molecule has 18 heavy (non-hydrogen) atoms. The van der Waals surface area contributed by atoms with Crippen LogP contribution in [0.5, 0.6) is 0 Å². The number of hydrogen-bond donors (Lipinski definition) is 3. The Kier molecular flexibility index (Phi) is 5.61. The minimum absolute atomic E-state index is 0.0291. The maximum atomic E-state index is 11.4. The molecule has 1 unspecified atom stereocenters. The molecule has 0 aromatic heterocycles. The SMILES string of the molecule is CC(=O)N[C@@H](CSCC1C[C@H](O)CC1=O)C(=O)O. The lowest BCUT2D eigenvalue weighted by Crippen LogP contribution is -2.41. The minimum Gasteiger partial charge on any atom is -0.480 e. The molecule has 0 aliphatic heterocycles. The number of carbonyl (C=O) groups is 3. The second-order valence-corrected chi connectivity index (χ2v) is 5.46. The van der Waals surface area contributed by atoms with E-state index in [0.29, 0.717) is 12.2 Å². The van der Waals surface area contributed by atoms with Crippen molar-refractivity contribution >= 4 is 29.4 Å². The van der Waals surface area contributed by atoms with Crippen LogP contribution >= 0.6 is 11.8 Å². The number of amides is 1. The van der Waals surface area contributed by atoms with E-state index in [-0.39, 0.29) is 23.9 Å². The van der Waals surface area contributed by atoms with Gasteiger partial charge in [0.25, 0.3) is 0 Å². The van der Waals surface area contributed by atoms with Gasteiger partial charge in [-0.15, -0.1) is 0 Å². The molecule has 3 N–H and O–H groups in total. The van der Waals surface area contributed by atoms with E-state index in [9.17, 15) is 19.5 Å². The molecule has 6 nitrogen and oxygen atoms in total. The lowest BCUT2D eigenvalue weighted by Gasteiger charge is -2.14. The first-order valence-electron chi connectivity index (χ1n) is 5.68. The maximum absolute atomic E-state index is 11.4. The van der Waals surface area contributed by atoms with E-state index in [1.165, 1.54) is 18.7 Å². The van der Waals surface area contributed by atoms with E-state index in [2.05, 4.69) is 5.32 Å². The Morgan fingerprint density at radius 2 is 2.22 bits per heavy atom. The Hall–Kier alpha value is -1.08. The molecule has 1 saturated carbocycles. The third-order valence-electron chi connectivity index (χ3n) is 2.73. The third kappa shape index (κ3) is 4.66. The van der Waals surface area contributed by atoms with Crippen LogP contribution in [0.25, 0.3) is 0 Å². The summed E-state index contributed by atoms with van der Waals surface area (Å²) in [6, 6.07) is -0.936. The average molecular weight is 275 g/mol. The molecule has 0 saturated heterocycles. The van der Waals surface area contributed by atoms with Gasteiger partial charge in [0.15, 0.2) is 0 Å². The Labute approximate surface area is 109 Å². The van der Waals surface area contributed by atoms with Crippen LogP contribution in [-0.4, -0.2) is 51.5 Å². The number of nitrogens with one attached hydrogen (secondary N) is 1.